The lowest BCUT2D eigenvalue weighted by molar-refractivity contribution is -0.383. The average molecular weight is 274 g/mol. The molecule has 2 heterocycles. The van der Waals surface area contributed by atoms with E-state index in [0.29, 0.717) is 5.69 Å². The smallest absolute Gasteiger partial charge is 0.288 e. The lowest BCUT2D eigenvalue weighted by Crippen LogP contribution is -2.07. The number of rotatable bonds is 3. The summed E-state index contributed by atoms with van der Waals surface area (Å²) in [7, 11) is 0. The van der Waals surface area contributed by atoms with Crippen molar-refractivity contribution in [3.63, 3.8) is 0 Å². The van der Waals surface area contributed by atoms with Crippen LogP contribution in [0.5, 0.6) is 0 Å². The van der Waals surface area contributed by atoms with Gasteiger partial charge >= 0.3 is 0 Å². The van der Waals surface area contributed by atoms with Crippen LogP contribution < -0.4 is 5.43 Å². The molecule has 0 bridgehead atoms. The van der Waals surface area contributed by atoms with E-state index >= 15 is 0 Å². The van der Waals surface area contributed by atoms with Gasteiger partial charge in [-0.05, 0) is 25.1 Å². The van der Waals surface area contributed by atoms with Crippen molar-refractivity contribution in [3.05, 3.63) is 51.8 Å². The average Bonchev–Trinajstić information content (AvgIpc) is 2.95. The number of benzene rings is 1. The fourth-order valence-electron chi connectivity index (χ4n) is 1.87. The first kappa shape index (κ1) is 11.7. The predicted molar refractivity (Wildman–Crippen MR) is 74.5 cm³/mol. The van der Waals surface area contributed by atoms with Gasteiger partial charge in [-0.25, -0.2) is 4.98 Å². The molecule has 0 saturated heterocycles. The van der Waals surface area contributed by atoms with Crippen molar-refractivity contribution in [1.82, 2.24) is 9.66 Å². The van der Waals surface area contributed by atoms with Crippen LogP contribution in [0.1, 0.15) is 5.01 Å². The molecule has 3 aromatic rings. The maximum atomic E-state index is 11.1. The summed E-state index contributed by atoms with van der Waals surface area (Å²) in [5.41, 5.74) is 4.22. The Kier molecular flexibility index (Phi) is 2.68. The number of nitrogens with zero attached hydrogens (tertiary/aromatic N) is 3. The van der Waals surface area contributed by atoms with Crippen molar-refractivity contribution in [2.45, 2.75) is 6.92 Å². The molecule has 0 aliphatic rings. The highest BCUT2D eigenvalue weighted by atomic mass is 32.1. The third-order valence-corrected chi connectivity index (χ3v) is 3.60. The van der Waals surface area contributed by atoms with Crippen LogP contribution in [0.3, 0.4) is 0 Å². The Labute approximate surface area is 112 Å². The Morgan fingerprint density at radius 1 is 1.37 bits per heavy atom. The maximum Gasteiger partial charge on any atom is 0.295 e. The Morgan fingerprint density at radius 2 is 2.11 bits per heavy atom. The van der Waals surface area contributed by atoms with E-state index in [4.69, 9.17) is 0 Å². The molecular weight excluding hydrogens is 264 g/mol. The first-order valence-electron chi connectivity index (χ1n) is 5.59. The van der Waals surface area contributed by atoms with Gasteiger partial charge in [0, 0.05) is 18.5 Å². The molecule has 0 amide bonds. The fraction of sp³-hybridized carbons (Fsp3) is 0.0833. The van der Waals surface area contributed by atoms with E-state index in [2.05, 4.69) is 10.4 Å². The third-order valence-electron chi connectivity index (χ3n) is 2.66. The summed E-state index contributed by atoms with van der Waals surface area (Å²) in [6, 6.07) is 6.94. The van der Waals surface area contributed by atoms with Crippen molar-refractivity contribution >= 4 is 32.9 Å². The quantitative estimate of drug-likeness (QED) is 0.588. The molecule has 0 radical (unpaired) electrons. The summed E-state index contributed by atoms with van der Waals surface area (Å²) in [5.74, 6) is 0. The second-order valence-corrected chi connectivity index (χ2v) is 5.26. The zero-order valence-electron chi connectivity index (χ0n) is 10.0. The van der Waals surface area contributed by atoms with E-state index in [9.17, 15) is 10.1 Å². The van der Waals surface area contributed by atoms with Gasteiger partial charge in [0.2, 0.25) is 0 Å². The highest BCUT2D eigenvalue weighted by Crippen LogP contribution is 2.32. The number of anilines is 1. The van der Waals surface area contributed by atoms with Crippen LogP contribution in [0.15, 0.2) is 36.7 Å². The van der Waals surface area contributed by atoms with Gasteiger partial charge in [0.15, 0.2) is 0 Å². The Balaban J connectivity index is 2.14. The zero-order chi connectivity index (χ0) is 13.4. The Hall–Kier alpha value is -2.41. The number of hydrogen-bond acceptors (Lipinski definition) is 5. The van der Waals surface area contributed by atoms with Crippen LogP contribution >= 0.6 is 11.3 Å². The van der Waals surface area contributed by atoms with Gasteiger partial charge in [-0.1, -0.05) is 0 Å². The highest BCUT2D eigenvalue weighted by Gasteiger charge is 2.17. The van der Waals surface area contributed by atoms with Crippen LogP contribution in [0.4, 0.5) is 11.4 Å². The molecule has 0 aliphatic heterocycles. The van der Waals surface area contributed by atoms with Crippen LogP contribution in [0.25, 0.3) is 10.2 Å². The molecule has 1 aromatic carbocycles. The number of fused-ring (bicyclic) bond motifs is 1. The molecule has 0 saturated carbocycles. The summed E-state index contributed by atoms with van der Waals surface area (Å²) in [6.07, 6.45) is 3.56. The lowest BCUT2D eigenvalue weighted by atomic mass is 10.2. The zero-order valence-corrected chi connectivity index (χ0v) is 10.8. The number of nitrogens with one attached hydrogen (secondary N) is 1. The second kappa shape index (κ2) is 4.36. The van der Waals surface area contributed by atoms with Crippen molar-refractivity contribution < 1.29 is 4.92 Å². The number of aryl methyl sites for hydroxylation is 1. The molecule has 2 aromatic heterocycles. The molecule has 7 heteroatoms. The lowest BCUT2D eigenvalue weighted by Gasteiger charge is -2.07. The van der Waals surface area contributed by atoms with E-state index in [1.807, 2.05) is 19.1 Å². The largest absolute Gasteiger partial charge is 0.295 e. The summed E-state index contributed by atoms with van der Waals surface area (Å²) in [6.45, 7) is 1.88. The van der Waals surface area contributed by atoms with Gasteiger partial charge in [-0.3, -0.25) is 20.2 Å². The molecule has 1 N–H and O–H groups in total. The van der Waals surface area contributed by atoms with Crippen LogP contribution in [-0.2, 0) is 0 Å². The molecule has 19 heavy (non-hydrogen) atoms. The van der Waals surface area contributed by atoms with Crippen molar-refractivity contribution in [3.8, 4) is 0 Å². The number of hydrogen-bond donors (Lipinski definition) is 1. The van der Waals surface area contributed by atoms with Gasteiger partial charge in [0.05, 0.1) is 20.1 Å². The van der Waals surface area contributed by atoms with Crippen LogP contribution in [0, 0.1) is 17.0 Å². The Morgan fingerprint density at radius 3 is 2.79 bits per heavy atom. The van der Waals surface area contributed by atoms with Gasteiger partial charge in [0.1, 0.15) is 5.69 Å². The number of aromatic nitrogens is 2. The molecule has 6 nitrogen and oxygen atoms in total. The number of thiazole rings is 1. The fourth-order valence-corrected chi connectivity index (χ4v) is 2.71. The van der Waals surface area contributed by atoms with Gasteiger partial charge in [-0.15, -0.1) is 11.3 Å². The summed E-state index contributed by atoms with van der Waals surface area (Å²) in [4.78, 5) is 15.1. The number of nitro groups is 1. The molecule has 96 valence electrons. The van der Waals surface area contributed by atoms with E-state index in [1.54, 1.807) is 29.2 Å². The summed E-state index contributed by atoms with van der Waals surface area (Å²) < 4.78 is 2.48. The van der Waals surface area contributed by atoms with E-state index in [-0.39, 0.29) is 10.6 Å². The van der Waals surface area contributed by atoms with Crippen molar-refractivity contribution in [2.24, 2.45) is 0 Å². The first-order valence-corrected chi connectivity index (χ1v) is 6.41. The summed E-state index contributed by atoms with van der Waals surface area (Å²) >= 11 is 1.45. The molecule has 0 spiro atoms. The number of nitro benzene ring substituents is 1. The first-order chi connectivity index (χ1) is 9.13. The topological polar surface area (TPSA) is 73.0 Å². The molecule has 0 aliphatic carbocycles. The predicted octanol–water partition coefficient (Wildman–Crippen LogP) is 3.19. The standard InChI is InChI=1S/C12H10N4O2S/c1-8-13-10-6-9(14-15-4-2-3-5-15)11(16(17)18)7-12(10)19-8/h2-7,14H,1H3. The monoisotopic (exact) mass is 274 g/mol. The van der Waals surface area contributed by atoms with Crippen molar-refractivity contribution in [2.75, 3.05) is 5.43 Å². The van der Waals surface area contributed by atoms with E-state index in [1.165, 1.54) is 11.3 Å². The van der Waals surface area contributed by atoms with Crippen LogP contribution in [-0.4, -0.2) is 14.6 Å². The molecular formula is C12H10N4O2S. The van der Waals surface area contributed by atoms with Gasteiger partial charge in [0.25, 0.3) is 5.69 Å². The second-order valence-electron chi connectivity index (χ2n) is 4.03. The molecule has 3 rings (SSSR count). The SMILES string of the molecule is Cc1nc2cc(Nn3cccc3)c([N+](=O)[O-])cc2s1. The minimum Gasteiger partial charge on any atom is -0.288 e. The van der Waals surface area contributed by atoms with E-state index in [0.717, 1.165) is 15.2 Å². The van der Waals surface area contributed by atoms with Crippen LogP contribution in [0.2, 0.25) is 0 Å². The normalized spacial score (nSPS) is 10.8. The molecule has 0 atom stereocenters. The molecule has 0 fully saturated rings. The highest BCUT2D eigenvalue weighted by molar-refractivity contribution is 7.18. The summed E-state index contributed by atoms with van der Waals surface area (Å²) in [5, 5.41) is 12.0. The Bertz CT molecular complexity index is 749. The van der Waals surface area contributed by atoms with E-state index < -0.39 is 0 Å². The molecule has 0 unspecified atom stereocenters. The maximum absolute atomic E-state index is 11.1. The minimum absolute atomic E-state index is 0.0462. The minimum atomic E-state index is -0.389. The third kappa shape index (κ3) is 2.15. The van der Waals surface area contributed by atoms with Crippen molar-refractivity contribution in [1.29, 1.82) is 0 Å². The van der Waals surface area contributed by atoms with Gasteiger partial charge < -0.3 is 0 Å². The van der Waals surface area contributed by atoms with Gasteiger partial charge in [-0.2, -0.15) is 0 Å².